The van der Waals surface area contributed by atoms with Crippen LogP contribution in [-0.2, 0) is 6.54 Å². The Morgan fingerprint density at radius 1 is 1.53 bits per heavy atom. The van der Waals surface area contributed by atoms with Gasteiger partial charge < -0.3 is 15.3 Å². The third-order valence-electron chi connectivity index (χ3n) is 2.34. The van der Waals surface area contributed by atoms with E-state index in [1.807, 2.05) is 6.92 Å². The summed E-state index contributed by atoms with van der Waals surface area (Å²) in [6.45, 7) is 2.06. The van der Waals surface area contributed by atoms with Gasteiger partial charge in [0.05, 0.1) is 17.8 Å². The number of hydrazine groups is 1. The predicted octanol–water partition coefficient (Wildman–Crippen LogP) is 1.36. The van der Waals surface area contributed by atoms with Crippen molar-refractivity contribution in [2.75, 3.05) is 5.43 Å². The molecule has 0 radical (unpaired) electrons. The zero-order chi connectivity index (χ0) is 13.8. The summed E-state index contributed by atoms with van der Waals surface area (Å²) in [6.07, 6.45) is 1.55. The largest absolute Gasteiger partial charge is 0.359 e. The Kier molecular flexibility index (Phi) is 4.13. The Balaban J connectivity index is 2.09. The number of aromatic nitrogens is 2. The highest BCUT2D eigenvalue weighted by molar-refractivity contribution is 9.10. The Morgan fingerprint density at radius 3 is 2.95 bits per heavy atom. The lowest BCUT2D eigenvalue weighted by atomic mass is 10.2. The van der Waals surface area contributed by atoms with Gasteiger partial charge in [-0.15, -0.1) is 0 Å². The number of halogens is 1. The number of nitrogen functional groups attached to an aromatic ring is 1. The van der Waals surface area contributed by atoms with Crippen LogP contribution in [0, 0.1) is 6.92 Å². The van der Waals surface area contributed by atoms with Crippen LogP contribution in [0.2, 0.25) is 0 Å². The van der Waals surface area contributed by atoms with Crippen LogP contribution in [0.3, 0.4) is 0 Å². The molecule has 8 heteroatoms. The van der Waals surface area contributed by atoms with Crippen LogP contribution >= 0.6 is 15.9 Å². The quantitative estimate of drug-likeness (QED) is 0.578. The number of anilines is 1. The van der Waals surface area contributed by atoms with Gasteiger partial charge >= 0.3 is 0 Å². The van der Waals surface area contributed by atoms with Crippen molar-refractivity contribution in [1.29, 1.82) is 0 Å². The van der Waals surface area contributed by atoms with Crippen molar-refractivity contribution in [3.05, 3.63) is 39.8 Å². The number of amides is 1. The van der Waals surface area contributed by atoms with E-state index in [-0.39, 0.29) is 12.5 Å². The van der Waals surface area contributed by atoms with E-state index >= 15 is 0 Å². The first-order valence-electron chi connectivity index (χ1n) is 5.42. The van der Waals surface area contributed by atoms with Crippen LogP contribution in [0.4, 0.5) is 5.82 Å². The summed E-state index contributed by atoms with van der Waals surface area (Å²) in [5, 5.41) is 6.44. The first kappa shape index (κ1) is 13.5. The van der Waals surface area contributed by atoms with Gasteiger partial charge in [-0.05, 0) is 28.9 Å². The van der Waals surface area contributed by atoms with Gasteiger partial charge in [0.25, 0.3) is 5.91 Å². The van der Waals surface area contributed by atoms with Crippen molar-refractivity contribution in [3.63, 3.8) is 0 Å². The smallest absolute Gasteiger partial charge is 0.255 e. The Bertz CT molecular complexity index is 599. The minimum absolute atomic E-state index is 0.246. The molecule has 2 aromatic rings. The lowest BCUT2D eigenvalue weighted by Crippen LogP contribution is -2.25. The molecule has 0 fully saturated rings. The van der Waals surface area contributed by atoms with Gasteiger partial charge in [-0.2, -0.15) is 0 Å². The van der Waals surface area contributed by atoms with Crippen LogP contribution in [0.5, 0.6) is 0 Å². The van der Waals surface area contributed by atoms with E-state index in [1.165, 1.54) is 0 Å². The highest BCUT2D eigenvalue weighted by Gasteiger charge is 2.13. The highest BCUT2D eigenvalue weighted by atomic mass is 79.9. The van der Waals surface area contributed by atoms with Gasteiger partial charge in [-0.25, -0.2) is 10.8 Å². The molecule has 2 heterocycles. The fourth-order valence-electron chi connectivity index (χ4n) is 1.49. The Hall–Kier alpha value is -1.93. The average molecular weight is 326 g/mol. The molecule has 2 rings (SSSR count). The van der Waals surface area contributed by atoms with Crippen molar-refractivity contribution in [2.24, 2.45) is 5.84 Å². The van der Waals surface area contributed by atoms with E-state index in [0.29, 0.717) is 21.6 Å². The van der Waals surface area contributed by atoms with Gasteiger partial charge in [-0.1, -0.05) is 5.16 Å². The molecule has 0 atom stereocenters. The molecule has 0 aliphatic carbocycles. The summed E-state index contributed by atoms with van der Waals surface area (Å²) in [6, 6.07) is 3.38. The molecule has 0 unspecified atom stereocenters. The molecule has 100 valence electrons. The number of pyridine rings is 1. The number of hydrogen-bond donors (Lipinski definition) is 3. The van der Waals surface area contributed by atoms with Crippen molar-refractivity contribution in [2.45, 2.75) is 13.5 Å². The average Bonchev–Trinajstić information content (AvgIpc) is 2.81. The first-order valence-corrected chi connectivity index (χ1v) is 6.22. The summed E-state index contributed by atoms with van der Waals surface area (Å²) in [7, 11) is 0. The summed E-state index contributed by atoms with van der Waals surface area (Å²) in [4.78, 5) is 16.0. The second kappa shape index (κ2) is 5.81. The maximum absolute atomic E-state index is 12.0. The molecule has 1 amide bonds. The standard InChI is InChI=1S/C11H12BrN5O2/c1-6-2-8(19-17-6)5-15-11(18)9-3-7(12)4-14-10(9)16-13/h2-4H,5,13H2,1H3,(H,14,16)(H,15,18). The van der Waals surface area contributed by atoms with E-state index < -0.39 is 0 Å². The molecule has 0 aliphatic rings. The van der Waals surface area contributed by atoms with Crippen LogP contribution in [0.1, 0.15) is 21.8 Å². The summed E-state index contributed by atoms with van der Waals surface area (Å²) >= 11 is 3.25. The first-order chi connectivity index (χ1) is 9.10. The highest BCUT2D eigenvalue weighted by Crippen LogP contribution is 2.17. The zero-order valence-electron chi connectivity index (χ0n) is 10.1. The Morgan fingerprint density at radius 2 is 2.32 bits per heavy atom. The maximum atomic E-state index is 12.0. The van der Waals surface area contributed by atoms with Gasteiger partial charge in [0.1, 0.15) is 0 Å². The van der Waals surface area contributed by atoms with Crippen LogP contribution in [-0.4, -0.2) is 16.0 Å². The van der Waals surface area contributed by atoms with E-state index in [9.17, 15) is 4.79 Å². The number of nitrogens with zero attached hydrogens (tertiary/aromatic N) is 2. The molecule has 19 heavy (non-hydrogen) atoms. The minimum Gasteiger partial charge on any atom is -0.359 e. The molecule has 0 saturated carbocycles. The maximum Gasteiger partial charge on any atom is 0.255 e. The van der Waals surface area contributed by atoms with Gasteiger partial charge in [-0.3, -0.25) is 4.79 Å². The normalized spacial score (nSPS) is 10.3. The minimum atomic E-state index is -0.309. The van der Waals surface area contributed by atoms with Gasteiger partial charge in [0, 0.05) is 16.7 Å². The van der Waals surface area contributed by atoms with Gasteiger partial charge in [0.2, 0.25) is 0 Å². The number of nitrogens with one attached hydrogen (secondary N) is 2. The lowest BCUT2D eigenvalue weighted by Gasteiger charge is -2.08. The number of hydrogen-bond acceptors (Lipinski definition) is 6. The number of nitrogens with two attached hydrogens (primary N) is 1. The predicted molar refractivity (Wildman–Crippen MR) is 72.2 cm³/mol. The molecule has 2 aromatic heterocycles. The molecule has 7 nitrogen and oxygen atoms in total. The molecule has 0 aromatic carbocycles. The number of carbonyl (C=O) groups is 1. The molecular formula is C11H12BrN5O2. The lowest BCUT2D eigenvalue weighted by molar-refractivity contribution is 0.0947. The Labute approximate surface area is 117 Å². The van der Waals surface area contributed by atoms with E-state index in [2.05, 4.69) is 36.8 Å². The summed E-state index contributed by atoms with van der Waals surface area (Å²) in [5.41, 5.74) is 3.48. The second-order valence-electron chi connectivity index (χ2n) is 3.81. The molecular weight excluding hydrogens is 314 g/mol. The number of carbonyl (C=O) groups excluding carboxylic acids is 1. The third kappa shape index (κ3) is 3.30. The molecule has 4 N–H and O–H groups in total. The third-order valence-corrected chi connectivity index (χ3v) is 2.77. The van der Waals surface area contributed by atoms with Gasteiger partial charge in [0.15, 0.2) is 11.6 Å². The molecule has 0 bridgehead atoms. The van der Waals surface area contributed by atoms with Crippen LogP contribution in [0.25, 0.3) is 0 Å². The molecule has 0 aliphatic heterocycles. The number of rotatable bonds is 4. The van der Waals surface area contributed by atoms with Crippen molar-refractivity contribution < 1.29 is 9.32 Å². The fraction of sp³-hybridized carbons (Fsp3) is 0.182. The van der Waals surface area contributed by atoms with Crippen LogP contribution < -0.4 is 16.6 Å². The fourth-order valence-corrected chi connectivity index (χ4v) is 1.82. The zero-order valence-corrected chi connectivity index (χ0v) is 11.7. The van der Waals surface area contributed by atoms with Crippen molar-refractivity contribution >= 4 is 27.7 Å². The monoisotopic (exact) mass is 325 g/mol. The topological polar surface area (TPSA) is 106 Å². The van der Waals surface area contributed by atoms with Crippen molar-refractivity contribution in [3.8, 4) is 0 Å². The van der Waals surface area contributed by atoms with Crippen LogP contribution in [0.15, 0.2) is 27.3 Å². The van der Waals surface area contributed by atoms with E-state index in [0.717, 1.165) is 5.69 Å². The van der Waals surface area contributed by atoms with Crippen molar-refractivity contribution in [1.82, 2.24) is 15.5 Å². The SMILES string of the molecule is Cc1cc(CNC(=O)c2cc(Br)cnc2NN)on1. The molecule has 0 saturated heterocycles. The molecule has 0 spiro atoms. The van der Waals surface area contributed by atoms with E-state index in [4.69, 9.17) is 10.4 Å². The second-order valence-corrected chi connectivity index (χ2v) is 4.73. The van der Waals surface area contributed by atoms with E-state index in [1.54, 1.807) is 18.3 Å². The number of aryl methyl sites for hydroxylation is 1. The summed E-state index contributed by atoms with van der Waals surface area (Å²) in [5.74, 6) is 5.88. The summed E-state index contributed by atoms with van der Waals surface area (Å²) < 4.78 is 5.69.